The van der Waals surface area contributed by atoms with Crippen LogP contribution in [0, 0.1) is 5.92 Å². The number of hydrogen-bond acceptors (Lipinski definition) is 5. The van der Waals surface area contributed by atoms with Crippen LogP contribution in [0.25, 0.3) is 10.8 Å². The Bertz CT molecular complexity index is 1200. The summed E-state index contributed by atoms with van der Waals surface area (Å²) in [5, 5.41) is 8.08. The number of fused-ring (bicyclic) bond motifs is 1. The number of carbonyl (C=O) groups excluding carboxylic acids is 3. The van der Waals surface area contributed by atoms with Crippen LogP contribution in [0.5, 0.6) is 0 Å². The zero-order valence-corrected chi connectivity index (χ0v) is 20.7. The average Bonchev–Trinajstić information content (AvgIpc) is 2.90. The van der Waals surface area contributed by atoms with Gasteiger partial charge in [-0.3, -0.25) is 14.5 Å². The van der Waals surface area contributed by atoms with Crippen molar-refractivity contribution in [1.82, 2.24) is 4.90 Å². The zero-order valence-electron chi connectivity index (χ0n) is 20.7. The van der Waals surface area contributed by atoms with Crippen molar-refractivity contribution >= 4 is 39.9 Å². The first-order valence-corrected chi connectivity index (χ1v) is 12.6. The molecule has 188 valence electrons. The third kappa shape index (κ3) is 6.70. The molecule has 4 rings (SSSR count). The Labute approximate surface area is 211 Å². The van der Waals surface area contributed by atoms with E-state index in [0.717, 1.165) is 29.3 Å². The largest absolute Gasteiger partial charge is 0.462 e. The Hall–Kier alpha value is -3.71. The van der Waals surface area contributed by atoms with Gasteiger partial charge in [0.2, 0.25) is 11.8 Å². The predicted octanol–water partition coefficient (Wildman–Crippen LogP) is 5.09. The normalized spacial score (nSPS) is 14.4. The van der Waals surface area contributed by atoms with Crippen molar-refractivity contribution < 1.29 is 19.1 Å². The van der Waals surface area contributed by atoms with Crippen molar-refractivity contribution in [2.45, 2.75) is 32.6 Å². The van der Waals surface area contributed by atoms with Gasteiger partial charge in [-0.05, 0) is 68.1 Å². The van der Waals surface area contributed by atoms with Gasteiger partial charge in [0.05, 0.1) is 18.7 Å². The maximum absolute atomic E-state index is 12.8. The molecule has 0 aliphatic carbocycles. The third-order valence-corrected chi connectivity index (χ3v) is 6.51. The van der Waals surface area contributed by atoms with E-state index in [1.165, 1.54) is 0 Å². The minimum atomic E-state index is -0.349. The molecule has 1 aliphatic rings. The quantitative estimate of drug-likeness (QED) is 0.324. The lowest BCUT2D eigenvalue weighted by molar-refractivity contribution is -0.121. The number of amides is 2. The van der Waals surface area contributed by atoms with E-state index in [9.17, 15) is 14.4 Å². The Morgan fingerprint density at radius 3 is 2.39 bits per heavy atom. The molecule has 3 aromatic rings. The van der Waals surface area contributed by atoms with E-state index in [4.69, 9.17) is 4.74 Å². The molecule has 3 aromatic carbocycles. The summed E-state index contributed by atoms with van der Waals surface area (Å²) in [6.45, 7) is 4.12. The Morgan fingerprint density at radius 1 is 0.917 bits per heavy atom. The Morgan fingerprint density at radius 2 is 1.64 bits per heavy atom. The maximum Gasteiger partial charge on any atom is 0.338 e. The van der Waals surface area contributed by atoms with Crippen molar-refractivity contribution in [2.75, 3.05) is 36.9 Å². The molecule has 2 N–H and O–H groups in total. The number of esters is 1. The highest BCUT2D eigenvalue weighted by Gasteiger charge is 2.26. The number of carbonyl (C=O) groups is 3. The first-order valence-electron chi connectivity index (χ1n) is 12.6. The average molecular weight is 488 g/mol. The summed E-state index contributed by atoms with van der Waals surface area (Å²) in [7, 11) is 0. The van der Waals surface area contributed by atoms with Crippen LogP contribution in [0.4, 0.5) is 11.4 Å². The molecule has 1 heterocycles. The highest BCUT2D eigenvalue weighted by atomic mass is 16.5. The van der Waals surface area contributed by atoms with Crippen molar-refractivity contribution in [2.24, 2.45) is 5.92 Å². The number of hydrogen-bond donors (Lipinski definition) is 2. The van der Waals surface area contributed by atoms with Gasteiger partial charge in [-0.2, -0.15) is 0 Å². The van der Waals surface area contributed by atoms with E-state index in [1.807, 2.05) is 49.4 Å². The van der Waals surface area contributed by atoms with Gasteiger partial charge in [0.1, 0.15) is 0 Å². The van der Waals surface area contributed by atoms with Gasteiger partial charge in [0.25, 0.3) is 0 Å². The van der Waals surface area contributed by atoms with Crippen molar-refractivity contribution in [3.8, 4) is 0 Å². The van der Waals surface area contributed by atoms with E-state index in [0.29, 0.717) is 50.3 Å². The second-order valence-electron chi connectivity index (χ2n) is 9.18. The summed E-state index contributed by atoms with van der Waals surface area (Å²) in [5.74, 6) is -0.546. The second-order valence-corrected chi connectivity index (χ2v) is 9.18. The molecule has 0 unspecified atom stereocenters. The van der Waals surface area contributed by atoms with Crippen molar-refractivity contribution in [3.05, 3.63) is 72.3 Å². The molecule has 7 heteroatoms. The number of anilines is 2. The van der Waals surface area contributed by atoms with Crippen molar-refractivity contribution in [1.29, 1.82) is 0 Å². The number of unbranched alkanes of at least 4 members (excludes halogenated alkanes) is 1. The van der Waals surface area contributed by atoms with E-state index in [1.54, 1.807) is 24.3 Å². The fourth-order valence-corrected chi connectivity index (χ4v) is 4.41. The molecule has 0 atom stereocenters. The number of nitrogens with zero attached hydrogens (tertiary/aromatic N) is 1. The Balaban J connectivity index is 1.22. The predicted molar refractivity (Wildman–Crippen MR) is 142 cm³/mol. The summed E-state index contributed by atoms with van der Waals surface area (Å²) in [4.78, 5) is 39.5. The topological polar surface area (TPSA) is 87.7 Å². The number of ether oxygens (including phenoxy) is 1. The van der Waals surface area contributed by atoms with Crippen LogP contribution in [0.15, 0.2) is 66.7 Å². The highest BCUT2D eigenvalue weighted by molar-refractivity contribution is 6.02. The number of rotatable bonds is 9. The van der Waals surface area contributed by atoms with Gasteiger partial charge in [0.15, 0.2) is 0 Å². The molecule has 0 radical (unpaired) electrons. The van der Waals surface area contributed by atoms with Gasteiger partial charge in [-0.1, -0.05) is 49.7 Å². The number of likely N-dealkylation sites (tertiary alicyclic amines) is 1. The first kappa shape index (κ1) is 25.4. The van der Waals surface area contributed by atoms with Crippen LogP contribution in [-0.4, -0.2) is 48.9 Å². The first-order chi connectivity index (χ1) is 17.5. The monoisotopic (exact) mass is 487 g/mol. The number of benzene rings is 3. The van der Waals surface area contributed by atoms with E-state index in [-0.39, 0.29) is 23.7 Å². The zero-order chi connectivity index (χ0) is 25.3. The second kappa shape index (κ2) is 12.3. The van der Waals surface area contributed by atoms with Crippen LogP contribution in [-0.2, 0) is 14.3 Å². The fourth-order valence-electron chi connectivity index (χ4n) is 4.41. The van der Waals surface area contributed by atoms with Crippen LogP contribution in [0.2, 0.25) is 0 Å². The molecule has 1 saturated heterocycles. The van der Waals surface area contributed by atoms with Crippen molar-refractivity contribution in [3.63, 3.8) is 0 Å². The lowest BCUT2D eigenvalue weighted by atomic mass is 9.95. The number of piperidine rings is 1. The highest BCUT2D eigenvalue weighted by Crippen LogP contribution is 2.24. The van der Waals surface area contributed by atoms with Crippen LogP contribution < -0.4 is 10.6 Å². The summed E-state index contributed by atoms with van der Waals surface area (Å²) in [5.41, 5.74) is 1.94. The molecule has 0 bridgehead atoms. The molecule has 2 amide bonds. The third-order valence-electron chi connectivity index (χ3n) is 6.51. The molecule has 0 saturated carbocycles. The van der Waals surface area contributed by atoms with Crippen LogP contribution >= 0.6 is 0 Å². The Kier molecular flexibility index (Phi) is 8.68. The van der Waals surface area contributed by atoms with Gasteiger partial charge in [-0.15, -0.1) is 0 Å². The summed E-state index contributed by atoms with van der Waals surface area (Å²) in [6, 6.07) is 20.6. The van der Waals surface area contributed by atoms with E-state index < -0.39 is 0 Å². The van der Waals surface area contributed by atoms with Gasteiger partial charge < -0.3 is 15.4 Å². The maximum atomic E-state index is 12.8. The molecule has 1 fully saturated rings. The standard InChI is InChI=1S/C29H33N3O4/c1-2-3-19-36-29(35)23-11-13-24(14-12-23)30-28(34)22-15-17-32(18-16-22)20-27(33)31-26-10-6-8-21-7-4-5-9-25(21)26/h4-14,22H,2-3,15-20H2,1H3,(H,30,34)(H,31,33). The summed E-state index contributed by atoms with van der Waals surface area (Å²) < 4.78 is 5.21. The molecule has 1 aliphatic heterocycles. The molecule has 36 heavy (non-hydrogen) atoms. The molecule has 7 nitrogen and oxygen atoms in total. The molecular weight excluding hydrogens is 454 g/mol. The minimum absolute atomic E-state index is 0.0341. The fraction of sp³-hybridized carbons (Fsp3) is 0.345. The van der Waals surface area contributed by atoms with Gasteiger partial charge >= 0.3 is 5.97 Å². The lowest BCUT2D eigenvalue weighted by Gasteiger charge is -2.30. The van der Waals surface area contributed by atoms with E-state index in [2.05, 4.69) is 15.5 Å². The molecular formula is C29H33N3O4. The van der Waals surface area contributed by atoms with Gasteiger partial charge in [0, 0.05) is 22.7 Å². The summed E-state index contributed by atoms with van der Waals surface area (Å²) in [6.07, 6.45) is 3.19. The molecule has 0 spiro atoms. The summed E-state index contributed by atoms with van der Waals surface area (Å²) >= 11 is 0. The van der Waals surface area contributed by atoms with Gasteiger partial charge in [-0.25, -0.2) is 4.79 Å². The lowest BCUT2D eigenvalue weighted by Crippen LogP contribution is -2.41. The minimum Gasteiger partial charge on any atom is -0.462 e. The SMILES string of the molecule is CCCCOC(=O)c1ccc(NC(=O)C2CCN(CC(=O)Nc3cccc4ccccc34)CC2)cc1. The molecule has 0 aromatic heterocycles. The smallest absolute Gasteiger partial charge is 0.338 e. The van der Waals surface area contributed by atoms with Crippen LogP contribution in [0.3, 0.4) is 0 Å². The van der Waals surface area contributed by atoms with Crippen LogP contribution in [0.1, 0.15) is 43.0 Å². The number of nitrogens with one attached hydrogen (secondary N) is 2. The van der Waals surface area contributed by atoms with E-state index >= 15 is 0 Å².